The third kappa shape index (κ3) is 2.55. The predicted molar refractivity (Wildman–Crippen MR) is 89.3 cm³/mol. The monoisotopic (exact) mass is 393 g/mol. The van der Waals surface area contributed by atoms with E-state index in [1.807, 2.05) is 36.4 Å². The highest BCUT2D eigenvalue weighted by Crippen LogP contribution is 2.22. The normalized spacial score (nSPS) is 10.7. The number of hydrogen-bond donors (Lipinski definition) is 0. The molecule has 98 valence electrons. The van der Waals surface area contributed by atoms with Gasteiger partial charge in [-0.1, -0.05) is 29.8 Å². The van der Waals surface area contributed by atoms with Crippen LogP contribution in [0.25, 0.3) is 10.9 Å². The Morgan fingerprint density at radius 2 is 1.95 bits per heavy atom. The molecule has 4 heteroatoms. The maximum absolute atomic E-state index is 12.6. The third-order valence-corrected chi connectivity index (χ3v) is 4.22. The molecule has 0 saturated heterocycles. The molecule has 0 radical (unpaired) electrons. The number of hydrogen-bond acceptors (Lipinski definition) is 2. The summed E-state index contributed by atoms with van der Waals surface area (Å²) in [7, 11) is 0. The zero-order valence-corrected chi connectivity index (χ0v) is 13.2. The number of ketones is 1. The fourth-order valence-corrected chi connectivity index (χ4v) is 2.79. The average Bonchev–Trinajstić information content (AvgIpc) is 2.48. The molecule has 0 bridgehead atoms. The molecule has 0 fully saturated rings. The molecule has 2 nitrogen and oxygen atoms in total. The van der Waals surface area contributed by atoms with Gasteiger partial charge in [0.25, 0.3) is 0 Å². The van der Waals surface area contributed by atoms with Crippen LogP contribution in [-0.2, 0) is 0 Å². The molecular formula is C16H9ClINO. The van der Waals surface area contributed by atoms with Gasteiger partial charge in [-0.15, -0.1) is 0 Å². The van der Waals surface area contributed by atoms with E-state index in [2.05, 4.69) is 27.6 Å². The maximum atomic E-state index is 12.6. The molecule has 0 atom stereocenters. The standard InChI is InChI=1S/C16H9ClINO/c17-12-5-6-14(18)13(9-12)16(20)11-4-3-10-2-1-7-19-15(10)8-11/h1-9H. The van der Waals surface area contributed by atoms with Gasteiger partial charge < -0.3 is 0 Å². The number of rotatable bonds is 2. The zero-order chi connectivity index (χ0) is 14.1. The summed E-state index contributed by atoms with van der Waals surface area (Å²) in [6, 6.07) is 14.7. The number of nitrogens with zero attached hydrogens (tertiary/aromatic N) is 1. The number of carbonyl (C=O) groups is 1. The Kier molecular flexibility index (Phi) is 3.72. The highest BCUT2D eigenvalue weighted by atomic mass is 127. The lowest BCUT2D eigenvalue weighted by Crippen LogP contribution is -2.03. The van der Waals surface area contributed by atoms with Gasteiger partial charge in [0.2, 0.25) is 0 Å². The van der Waals surface area contributed by atoms with E-state index in [1.165, 1.54) is 0 Å². The van der Waals surface area contributed by atoms with Gasteiger partial charge in [0.05, 0.1) is 5.52 Å². The van der Waals surface area contributed by atoms with Crippen molar-refractivity contribution in [3.8, 4) is 0 Å². The van der Waals surface area contributed by atoms with Crippen molar-refractivity contribution < 1.29 is 4.79 Å². The van der Waals surface area contributed by atoms with Crippen LogP contribution in [0.2, 0.25) is 5.02 Å². The first-order valence-electron chi connectivity index (χ1n) is 6.00. The van der Waals surface area contributed by atoms with Crippen LogP contribution in [0.4, 0.5) is 0 Å². The highest BCUT2D eigenvalue weighted by Gasteiger charge is 2.13. The molecule has 2 aromatic carbocycles. The number of fused-ring (bicyclic) bond motifs is 1. The quantitative estimate of drug-likeness (QED) is 0.466. The van der Waals surface area contributed by atoms with Gasteiger partial charge in [-0.3, -0.25) is 9.78 Å². The molecule has 3 rings (SSSR count). The van der Waals surface area contributed by atoms with Gasteiger partial charge in [-0.2, -0.15) is 0 Å². The Bertz CT molecular complexity index is 816. The lowest BCUT2D eigenvalue weighted by Gasteiger charge is -2.05. The van der Waals surface area contributed by atoms with E-state index in [9.17, 15) is 4.79 Å². The molecule has 0 saturated carbocycles. The molecule has 0 N–H and O–H groups in total. The zero-order valence-electron chi connectivity index (χ0n) is 10.3. The summed E-state index contributed by atoms with van der Waals surface area (Å²) < 4.78 is 0.887. The second-order valence-corrected chi connectivity index (χ2v) is 5.96. The molecular weight excluding hydrogens is 385 g/mol. The maximum Gasteiger partial charge on any atom is 0.194 e. The number of carbonyl (C=O) groups excluding carboxylic acids is 1. The Morgan fingerprint density at radius 1 is 1.10 bits per heavy atom. The first-order valence-corrected chi connectivity index (χ1v) is 7.45. The second-order valence-electron chi connectivity index (χ2n) is 4.36. The molecule has 1 aromatic heterocycles. The van der Waals surface area contributed by atoms with Crippen LogP contribution >= 0.6 is 34.2 Å². The van der Waals surface area contributed by atoms with Crippen molar-refractivity contribution in [1.29, 1.82) is 0 Å². The van der Waals surface area contributed by atoms with Gasteiger partial charge in [-0.25, -0.2) is 0 Å². The lowest BCUT2D eigenvalue weighted by molar-refractivity contribution is 0.103. The average molecular weight is 394 g/mol. The topological polar surface area (TPSA) is 30.0 Å². The molecule has 0 spiro atoms. The minimum atomic E-state index is -0.0375. The van der Waals surface area contributed by atoms with E-state index >= 15 is 0 Å². The van der Waals surface area contributed by atoms with Crippen LogP contribution in [0, 0.1) is 3.57 Å². The fourth-order valence-electron chi connectivity index (χ4n) is 2.03. The van der Waals surface area contributed by atoms with Crippen molar-refractivity contribution in [1.82, 2.24) is 4.98 Å². The Labute approximate surface area is 134 Å². The summed E-state index contributed by atoms with van der Waals surface area (Å²) in [5.74, 6) is -0.0375. The molecule has 0 aliphatic carbocycles. The number of pyridine rings is 1. The smallest absolute Gasteiger partial charge is 0.194 e. The molecule has 1 heterocycles. The SMILES string of the molecule is O=C(c1ccc2cccnc2c1)c1cc(Cl)ccc1I. The number of halogens is 2. The molecule has 0 unspecified atom stereocenters. The van der Waals surface area contributed by atoms with E-state index < -0.39 is 0 Å². The van der Waals surface area contributed by atoms with Crippen molar-refractivity contribution in [3.63, 3.8) is 0 Å². The van der Waals surface area contributed by atoms with E-state index in [0.717, 1.165) is 14.5 Å². The van der Waals surface area contributed by atoms with Crippen LogP contribution in [0.15, 0.2) is 54.7 Å². The van der Waals surface area contributed by atoms with Crippen molar-refractivity contribution in [2.75, 3.05) is 0 Å². The van der Waals surface area contributed by atoms with Gasteiger partial charge in [-0.05, 0) is 52.9 Å². The van der Waals surface area contributed by atoms with E-state index in [0.29, 0.717) is 16.1 Å². The molecule has 20 heavy (non-hydrogen) atoms. The Morgan fingerprint density at radius 3 is 2.80 bits per heavy atom. The van der Waals surface area contributed by atoms with Gasteiger partial charge in [0, 0.05) is 31.3 Å². The summed E-state index contributed by atoms with van der Waals surface area (Å²) in [6.45, 7) is 0. The summed E-state index contributed by atoms with van der Waals surface area (Å²) in [5, 5.41) is 1.58. The largest absolute Gasteiger partial charge is 0.289 e. The summed E-state index contributed by atoms with van der Waals surface area (Å²) >= 11 is 8.12. The van der Waals surface area contributed by atoms with E-state index in [4.69, 9.17) is 11.6 Å². The van der Waals surface area contributed by atoms with Gasteiger partial charge >= 0.3 is 0 Å². The first kappa shape index (κ1) is 13.5. The summed E-state index contributed by atoms with van der Waals surface area (Å²) in [4.78, 5) is 16.8. The molecule has 0 aliphatic heterocycles. The lowest BCUT2D eigenvalue weighted by atomic mass is 10.0. The van der Waals surface area contributed by atoms with Crippen LogP contribution in [-0.4, -0.2) is 10.8 Å². The van der Waals surface area contributed by atoms with E-state index in [1.54, 1.807) is 18.3 Å². The van der Waals surface area contributed by atoms with Crippen molar-refractivity contribution in [2.45, 2.75) is 0 Å². The summed E-state index contributed by atoms with van der Waals surface area (Å²) in [6.07, 6.45) is 1.72. The Hall–Kier alpha value is -1.46. The minimum Gasteiger partial charge on any atom is -0.289 e. The van der Waals surface area contributed by atoms with Crippen LogP contribution in [0.3, 0.4) is 0 Å². The van der Waals surface area contributed by atoms with E-state index in [-0.39, 0.29) is 5.78 Å². The van der Waals surface area contributed by atoms with Crippen molar-refractivity contribution >= 4 is 50.9 Å². The number of aromatic nitrogens is 1. The fraction of sp³-hybridized carbons (Fsp3) is 0. The van der Waals surface area contributed by atoms with Crippen molar-refractivity contribution in [3.05, 3.63) is 74.4 Å². The molecule has 0 aliphatic rings. The predicted octanol–water partition coefficient (Wildman–Crippen LogP) is 4.72. The van der Waals surface area contributed by atoms with Gasteiger partial charge in [0.1, 0.15) is 0 Å². The Balaban J connectivity index is 2.10. The first-order chi connectivity index (χ1) is 9.65. The highest BCUT2D eigenvalue weighted by molar-refractivity contribution is 14.1. The molecule has 3 aromatic rings. The van der Waals surface area contributed by atoms with Gasteiger partial charge in [0.15, 0.2) is 5.78 Å². The summed E-state index contributed by atoms with van der Waals surface area (Å²) in [5.41, 5.74) is 2.06. The second kappa shape index (κ2) is 5.50. The van der Waals surface area contributed by atoms with Crippen molar-refractivity contribution in [2.24, 2.45) is 0 Å². The third-order valence-electron chi connectivity index (χ3n) is 3.04. The minimum absolute atomic E-state index is 0.0375. The number of benzene rings is 2. The van der Waals surface area contributed by atoms with Crippen LogP contribution in [0.1, 0.15) is 15.9 Å². The molecule has 0 amide bonds. The van der Waals surface area contributed by atoms with Crippen LogP contribution < -0.4 is 0 Å². The van der Waals surface area contributed by atoms with Crippen LogP contribution in [0.5, 0.6) is 0 Å².